The van der Waals surface area contributed by atoms with E-state index in [1.807, 2.05) is 37.3 Å². The van der Waals surface area contributed by atoms with Crippen molar-refractivity contribution >= 4 is 0 Å². The van der Waals surface area contributed by atoms with Gasteiger partial charge in [-0.15, -0.1) is 0 Å². The quantitative estimate of drug-likeness (QED) is 0.854. The van der Waals surface area contributed by atoms with E-state index in [0.29, 0.717) is 12.2 Å². The van der Waals surface area contributed by atoms with Crippen LogP contribution in [-0.2, 0) is 6.42 Å². The molecule has 2 aromatic rings. The summed E-state index contributed by atoms with van der Waals surface area (Å²) in [5.74, 6) is 1.45. The summed E-state index contributed by atoms with van der Waals surface area (Å²) in [5.41, 5.74) is 3.54. The molecule has 0 aliphatic carbocycles. The van der Waals surface area contributed by atoms with E-state index in [1.165, 1.54) is 0 Å². The average Bonchev–Trinajstić information content (AvgIpc) is 2.48. The molecule has 0 aliphatic heterocycles. The van der Waals surface area contributed by atoms with Crippen LogP contribution >= 0.6 is 0 Å². The predicted molar refractivity (Wildman–Crippen MR) is 76.8 cm³/mol. The Bertz CT molecular complexity index is 660. The molecule has 0 fully saturated rings. The molecular formula is C16H16N2O2. The summed E-state index contributed by atoms with van der Waals surface area (Å²) in [5, 5.41) is 8.76. The van der Waals surface area contributed by atoms with Crippen LogP contribution in [-0.4, -0.2) is 19.2 Å². The molecule has 0 saturated heterocycles. The average molecular weight is 268 g/mol. The van der Waals surface area contributed by atoms with E-state index < -0.39 is 0 Å². The Labute approximate surface area is 118 Å². The van der Waals surface area contributed by atoms with Crippen molar-refractivity contribution in [2.45, 2.75) is 13.3 Å². The van der Waals surface area contributed by atoms with Gasteiger partial charge in [0.25, 0.3) is 0 Å². The highest BCUT2D eigenvalue weighted by molar-refractivity contribution is 5.69. The molecule has 1 aromatic carbocycles. The SMILES string of the molecule is COc1ccc(-c2ccc(CC#N)c(C)n2)c(OC)c1. The summed E-state index contributed by atoms with van der Waals surface area (Å²) in [6.07, 6.45) is 0.374. The highest BCUT2D eigenvalue weighted by Crippen LogP contribution is 2.32. The van der Waals surface area contributed by atoms with Crippen molar-refractivity contribution in [3.05, 3.63) is 41.6 Å². The van der Waals surface area contributed by atoms with Gasteiger partial charge in [0, 0.05) is 17.3 Å². The molecule has 2 rings (SSSR count). The third-order valence-electron chi connectivity index (χ3n) is 3.15. The summed E-state index contributed by atoms with van der Waals surface area (Å²) < 4.78 is 10.6. The van der Waals surface area contributed by atoms with Crippen LogP contribution in [0.3, 0.4) is 0 Å². The standard InChI is InChI=1S/C16H16N2O2/c1-11-12(8-9-17)4-7-15(18-11)14-6-5-13(19-2)10-16(14)20-3/h4-7,10H,8H2,1-3H3. The lowest BCUT2D eigenvalue weighted by atomic mass is 10.1. The second-order valence-electron chi connectivity index (χ2n) is 4.34. The first-order valence-electron chi connectivity index (χ1n) is 6.25. The summed E-state index contributed by atoms with van der Waals surface area (Å²) in [6, 6.07) is 11.6. The number of pyridine rings is 1. The van der Waals surface area contributed by atoms with Gasteiger partial charge in [0.2, 0.25) is 0 Å². The fourth-order valence-electron chi connectivity index (χ4n) is 2.02. The fraction of sp³-hybridized carbons (Fsp3) is 0.250. The van der Waals surface area contributed by atoms with Gasteiger partial charge in [-0.25, -0.2) is 0 Å². The molecule has 4 nitrogen and oxygen atoms in total. The van der Waals surface area contributed by atoms with Crippen LogP contribution in [0.1, 0.15) is 11.3 Å². The molecule has 0 N–H and O–H groups in total. The number of aromatic nitrogens is 1. The molecule has 0 unspecified atom stereocenters. The lowest BCUT2D eigenvalue weighted by molar-refractivity contribution is 0.395. The molecule has 1 heterocycles. The van der Waals surface area contributed by atoms with E-state index >= 15 is 0 Å². The predicted octanol–water partition coefficient (Wildman–Crippen LogP) is 3.14. The minimum atomic E-state index is 0.374. The van der Waals surface area contributed by atoms with Crippen molar-refractivity contribution in [1.29, 1.82) is 5.26 Å². The van der Waals surface area contributed by atoms with E-state index in [9.17, 15) is 0 Å². The van der Waals surface area contributed by atoms with Crippen LogP contribution in [0.2, 0.25) is 0 Å². The highest BCUT2D eigenvalue weighted by Gasteiger charge is 2.10. The first kappa shape index (κ1) is 13.9. The van der Waals surface area contributed by atoms with Gasteiger partial charge in [0.15, 0.2) is 0 Å². The topological polar surface area (TPSA) is 55.1 Å². The van der Waals surface area contributed by atoms with Crippen LogP contribution in [0.25, 0.3) is 11.3 Å². The van der Waals surface area contributed by atoms with Crippen LogP contribution in [0.5, 0.6) is 11.5 Å². The van der Waals surface area contributed by atoms with E-state index in [0.717, 1.165) is 28.3 Å². The Morgan fingerprint density at radius 1 is 1.15 bits per heavy atom. The lowest BCUT2D eigenvalue weighted by Gasteiger charge is -2.11. The van der Waals surface area contributed by atoms with E-state index in [2.05, 4.69) is 11.1 Å². The number of nitrogens with zero attached hydrogens (tertiary/aromatic N) is 2. The summed E-state index contributed by atoms with van der Waals surface area (Å²) in [6.45, 7) is 1.91. The number of nitriles is 1. The molecule has 0 amide bonds. The summed E-state index contributed by atoms with van der Waals surface area (Å²) >= 11 is 0. The molecule has 102 valence electrons. The third kappa shape index (κ3) is 2.72. The molecule has 4 heteroatoms. The minimum absolute atomic E-state index is 0.374. The molecule has 0 saturated carbocycles. The Morgan fingerprint density at radius 2 is 1.95 bits per heavy atom. The van der Waals surface area contributed by atoms with Gasteiger partial charge in [-0.05, 0) is 30.7 Å². The molecule has 0 spiro atoms. The van der Waals surface area contributed by atoms with Crippen molar-refractivity contribution in [1.82, 2.24) is 4.98 Å². The van der Waals surface area contributed by atoms with Gasteiger partial charge in [-0.1, -0.05) is 6.07 Å². The molecule has 0 aliphatic rings. The Hall–Kier alpha value is -2.54. The molecular weight excluding hydrogens is 252 g/mol. The van der Waals surface area contributed by atoms with E-state index in [-0.39, 0.29) is 0 Å². The number of ether oxygens (including phenoxy) is 2. The lowest BCUT2D eigenvalue weighted by Crippen LogP contribution is -1.96. The molecule has 0 radical (unpaired) electrons. The van der Waals surface area contributed by atoms with Gasteiger partial charge < -0.3 is 9.47 Å². The zero-order chi connectivity index (χ0) is 14.5. The van der Waals surface area contributed by atoms with Crippen molar-refractivity contribution in [3.63, 3.8) is 0 Å². The number of rotatable bonds is 4. The molecule has 0 bridgehead atoms. The Balaban J connectivity index is 2.46. The summed E-state index contributed by atoms with van der Waals surface area (Å²) in [4.78, 5) is 4.55. The van der Waals surface area contributed by atoms with Crippen LogP contribution < -0.4 is 9.47 Å². The van der Waals surface area contributed by atoms with E-state index in [4.69, 9.17) is 14.7 Å². The normalized spacial score (nSPS) is 9.90. The monoisotopic (exact) mass is 268 g/mol. The Kier molecular flexibility index (Phi) is 4.21. The van der Waals surface area contributed by atoms with Crippen molar-refractivity contribution in [2.75, 3.05) is 14.2 Å². The van der Waals surface area contributed by atoms with Gasteiger partial charge in [-0.2, -0.15) is 5.26 Å². The van der Waals surface area contributed by atoms with Crippen molar-refractivity contribution in [2.24, 2.45) is 0 Å². The van der Waals surface area contributed by atoms with Crippen molar-refractivity contribution in [3.8, 4) is 28.8 Å². The van der Waals surface area contributed by atoms with Gasteiger partial charge in [-0.3, -0.25) is 4.98 Å². The fourth-order valence-corrected chi connectivity index (χ4v) is 2.02. The number of hydrogen-bond donors (Lipinski definition) is 0. The minimum Gasteiger partial charge on any atom is -0.497 e. The van der Waals surface area contributed by atoms with Gasteiger partial charge >= 0.3 is 0 Å². The highest BCUT2D eigenvalue weighted by atomic mass is 16.5. The van der Waals surface area contributed by atoms with Gasteiger partial charge in [0.1, 0.15) is 11.5 Å². The number of methoxy groups -OCH3 is 2. The molecule has 1 aromatic heterocycles. The maximum absolute atomic E-state index is 8.76. The number of hydrogen-bond acceptors (Lipinski definition) is 4. The zero-order valence-corrected chi connectivity index (χ0v) is 11.8. The smallest absolute Gasteiger partial charge is 0.131 e. The van der Waals surface area contributed by atoms with Gasteiger partial charge in [0.05, 0.1) is 32.4 Å². The first-order chi connectivity index (χ1) is 9.69. The van der Waals surface area contributed by atoms with Crippen LogP contribution in [0.15, 0.2) is 30.3 Å². The zero-order valence-electron chi connectivity index (χ0n) is 11.8. The Morgan fingerprint density at radius 3 is 2.55 bits per heavy atom. The summed E-state index contributed by atoms with van der Waals surface area (Å²) in [7, 11) is 3.24. The van der Waals surface area contributed by atoms with Crippen LogP contribution in [0.4, 0.5) is 0 Å². The number of benzene rings is 1. The third-order valence-corrected chi connectivity index (χ3v) is 3.15. The maximum Gasteiger partial charge on any atom is 0.131 e. The van der Waals surface area contributed by atoms with Crippen LogP contribution in [0, 0.1) is 18.3 Å². The largest absolute Gasteiger partial charge is 0.497 e. The second-order valence-corrected chi connectivity index (χ2v) is 4.34. The molecule has 0 atom stereocenters. The maximum atomic E-state index is 8.76. The van der Waals surface area contributed by atoms with E-state index in [1.54, 1.807) is 14.2 Å². The molecule has 20 heavy (non-hydrogen) atoms. The van der Waals surface area contributed by atoms with Crippen molar-refractivity contribution < 1.29 is 9.47 Å². The number of aryl methyl sites for hydroxylation is 1. The second kappa shape index (κ2) is 6.07. The first-order valence-corrected chi connectivity index (χ1v) is 6.25.